The third-order valence-electron chi connectivity index (χ3n) is 4.95. The van der Waals surface area contributed by atoms with Gasteiger partial charge >= 0.3 is 0 Å². The number of hydrogen-bond donors (Lipinski definition) is 1. The van der Waals surface area contributed by atoms with E-state index in [2.05, 4.69) is 36.2 Å². The van der Waals surface area contributed by atoms with Crippen molar-refractivity contribution in [1.82, 2.24) is 34.8 Å². The SMILES string of the molecule is c1ccc(-n2cc(CN3CCc4[nH]cnc4[C@H]3c3cccnc3)nn2)cc1. The number of benzene rings is 1. The van der Waals surface area contributed by atoms with E-state index in [0.717, 1.165) is 35.6 Å². The molecule has 7 heteroatoms. The molecule has 27 heavy (non-hydrogen) atoms. The summed E-state index contributed by atoms with van der Waals surface area (Å²) < 4.78 is 1.82. The van der Waals surface area contributed by atoms with Crippen molar-refractivity contribution in [1.29, 1.82) is 0 Å². The molecule has 0 saturated carbocycles. The first-order chi connectivity index (χ1) is 13.4. The minimum atomic E-state index is 0.0653. The Balaban J connectivity index is 1.45. The third-order valence-corrected chi connectivity index (χ3v) is 4.95. The molecule has 0 bridgehead atoms. The Labute approximate surface area is 156 Å². The molecule has 1 aromatic carbocycles. The number of aromatic amines is 1. The summed E-state index contributed by atoms with van der Waals surface area (Å²) in [4.78, 5) is 14.6. The molecule has 4 aromatic rings. The molecule has 0 fully saturated rings. The number of nitrogens with zero attached hydrogens (tertiary/aromatic N) is 6. The summed E-state index contributed by atoms with van der Waals surface area (Å²) >= 11 is 0. The van der Waals surface area contributed by atoms with Gasteiger partial charge in [-0.05, 0) is 23.8 Å². The van der Waals surface area contributed by atoms with E-state index in [9.17, 15) is 0 Å². The third kappa shape index (κ3) is 3.02. The molecule has 0 radical (unpaired) electrons. The van der Waals surface area contributed by atoms with Gasteiger partial charge in [-0.3, -0.25) is 9.88 Å². The zero-order chi connectivity index (χ0) is 18.1. The highest BCUT2D eigenvalue weighted by Gasteiger charge is 2.31. The molecular formula is C20H19N7. The predicted molar refractivity (Wildman–Crippen MR) is 100 cm³/mol. The average molecular weight is 357 g/mol. The van der Waals surface area contributed by atoms with Crippen molar-refractivity contribution in [3.8, 4) is 5.69 Å². The normalized spacial score (nSPS) is 17.0. The van der Waals surface area contributed by atoms with E-state index in [4.69, 9.17) is 0 Å². The summed E-state index contributed by atoms with van der Waals surface area (Å²) in [7, 11) is 0. The molecule has 1 N–H and O–H groups in total. The minimum absolute atomic E-state index is 0.0653. The Morgan fingerprint density at radius 3 is 2.89 bits per heavy atom. The Bertz CT molecular complexity index is 1020. The highest BCUT2D eigenvalue weighted by molar-refractivity contribution is 5.32. The monoisotopic (exact) mass is 357 g/mol. The molecule has 0 spiro atoms. The van der Waals surface area contributed by atoms with Crippen LogP contribution >= 0.6 is 0 Å². The molecule has 5 rings (SSSR count). The summed E-state index contributed by atoms with van der Waals surface area (Å²) in [6.45, 7) is 1.63. The summed E-state index contributed by atoms with van der Waals surface area (Å²) in [5, 5.41) is 8.68. The van der Waals surface area contributed by atoms with Crippen LogP contribution in [0.2, 0.25) is 0 Å². The van der Waals surface area contributed by atoms with Crippen LogP contribution in [0.1, 0.15) is 28.7 Å². The largest absolute Gasteiger partial charge is 0.348 e. The van der Waals surface area contributed by atoms with E-state index in [1.807, 2.05) is 53.5 Å². The highest BCUT2D eigenvalue weighted by Crippen LogP contribution is 2.33. The first-order valence-electron chi connectivity index (χ1n) is 9.01. The Morgan fingerprint density at radius 1 is 1.11 bits per heavy atom. The van der Waals surface area contributed by atoms with Crippen molar-refractivity contribution in [3.63, 3.8) is 0 Å². The van der Waals surface area contributed by atoms with Crippen molar-refractivity contribution >= 4 is 0 Å². The van der Waals surface area contributed by atoms with Gasteiger partial charge in [-0.1, -0.05) is 29.5 Å². The lowest BCUT2D eigenvalue weighted by atomic mass is 9.96. The number of para-hydroxylation sites is 1. The van der Waals surface area contributed by atoms with Gasteiger partial charge in [-0.2, -0.15) is 0 Å². The maximum atomic E-state index is 4.59. The second kappa shape index (κ2) is 6.77. The molecule has 1 aliphatic heterocycles. The molecule has 0 unspecified atom stereocenters. The van der Waals surface area contributed by atoms with Crippen molar-refractivity contribution in [3.05, 3.63) is 90.0 Å². The van der Waals surface area contributed by atoms with Crippen LogP contribution in [0, 0.1) is 0 Å². The molecule has 0 amide bonds. The van der Waals surface area contributed by atoms with E-state index >= 15 is 0 Å². The number of imidazole rings is 1. The lowest BCUT2D eigenvalue weighted by molar-refractivity contribution is 0.197. The number of hydrogen-bond acceptors (Lipinski definition) is 5. The van der Waals surface area contributed by atoms with Crippen molar-refractivity contribution < 1.29 is 0 Å². The molecule has 7 nitrogen and oxygen atoms in total. The van der Waals surface area contributed by atoms with Crippen LogP contribution in [0.4, 0.5) is 0 Å². The van der Waals surface area contributed by atoms with Gasteiger partial charge < -0.3 is 4.98 Å². The van der Waals surface area contributed by atoms with E-state index in [1.54, 1.807) is 12.5 Å². The number of fused-ring (bicyclic) bond motifs is 1. The summed E-state index contributed by atoms with van der Waals surface area (Å²) in [5.41, 5.74) is 5.36. The zero-order valence-electron chi connectivity index (χ0n) is 14.7. The van der Waals surface area contributed by atoms with Gasteiger partial charge in [-0.15, -0.1) is 5.10 Å². The maximum Gasteiger partial charge on any atom is 0.0972 e. The molecule has 0 aliphatic carbocycles. The van der Waals surface area contributed by atoms with Crippen LogP contribution in [-0.4, -0.2) is 41.4 Å². The zero-order valence-corrected chi connectivity index (χ0v) is 14.7. The van der Waals surface area contributed by atoms with Gasteiger partial charge in [0.2, 0.25) is 0 Å². The lowest BCUT2D eigenvalue weighted by Crippen LogP contribution is -2.36. The van der Waals surface area contributed by atoms with Crippen LogP contribution in [0.25, 0.3) is 5.69 Å². The molecule has 0 saturated heterocycles. The number of H-pyrrole nitrogens is 1. The van der Waals surface area contributed by atoms with Crippen molar-refractivity contribution in [2.75, 3.05) is 6.54 Å². The number of rotatable bonds is 4. The summed E-state index contributed by atoms with van der Waals surface area (Å²) in [6, 6.07) is 14.2. The van der Waals surface area contributed by atoms with Gasteiger partial charge in [0.1, 0.15) is 0 Å². The second-order valence-corrected chi connectivity index (χ2v) is 6.67. The fraction of sp³-hybridized carbons (Fsp3) is 0.200. The molecule has 134 valence electrons. The van der Waals surface area contributed by atoms with E-state index < -0.39 is 0 Å². The van der Waals surface area contributed by atoms with Crippen LogP contribution in [0.15, 0.2) is 67.4 Å². The Morgan fingerprint density at radius 2 is 2.04 bits per heavy atom. The number of aromatic nitrogens is 6. The second-order valence-electron chi connectivity index (χ2n) is 6.67. The quantitative estimate of drug-likeness (QED) is 0.607. The van der Waals surface area contributed by atoms with Crippen LogP contribution < -0.4 is 0 Å². The van der Waals surface area contributed by atoms with Crippen molar-refractivity contribution in [2.24, 2.45) is 0 Å². The molecule has 1 atom stereocenters. The van der Waals surface area contributed by atoms with Crippen molar-refractivity contribution in [2.45, 2.75) is 19.0 Å². The maximum absolute atomic E-state index is 4.59. The Hall–Kier alpha value is -3.32. The van der Waals surface area contributed by atoms with Crippen LogP contribution in [-0.2, 0) is 13.0 Å². The van der Waals surface area contributed by atoms with E-state index in [1.165, 1.54) is 5.69 Å². The van der Waals surface area contributed by atoms with Gasteiger partial charge in [0.15, 0.2) is 0 Å². The highest BCUT2D eigenvalue weighted by atomic mass is 15.4. The van der Waals surface area contributed by atoms with E-state index in [0.29, 0.717) is 6.54 Å². The number of pyridine rings is 1. The predicted octanol–water partition coefficient (Wildman–Crippen LogP) is 2.53. The summed E-state index contributed by atoms with van der Waals surface area (Å²) in [6.07, 6.45) is 8.44. The minimum Gasteiger partial charge on any atom is -0.348 e. The van der Waals surface area contributed by atoms with Gasteiger partial charge in [0.25, 0.3) is 0 Å². The standard InChI is InChI=1S/C20H19N7/c1-2-6-17(7-3-1)27-13-16(24-25-27)12-26-10-8-18-19(23-14-22-18)20(26)15-5-4-9-21-11-15/h1-7,9,11,13-14,20H,8,10,12H2,(H,22,23)/t20-/m1/s1. The first-order valence-corrected chi connectivity index (χ1v) is 9.01. The molecule has 4 heterocycles. The van der Waals surface area contributed by atoms with Gasteiger partial charge in [-0.25, -0.2) is 9.67 Å². The fourth-order valence-corrected chi connectivity index (χ4v) is 3.69. The van der Waals surface area contributed by atoms with Crippen LogP contribution in [0.5, 0.6) is 0 Å². The first kappa shape index (κ1) is 15.9. The molecule has 1 aliphatic rings. The topological polar surface area (TPSA) is 75.5 Å². The molecule has 3 aromatic heterocycles. The average Bonchev–Trinajstić information content (AvgIpc) is 3.39. The molecular weight excluding hydrogens is 338 g/mol. The number of nitrogens with one attached hydrogen (secondary N) is 1. The summed E-state index contributed by atoms with van der Waals surface area (Å²) in [5.74, 6) is 0. The van der Waals surface area contributed by atoms with Gasteiger partial charge in [0.05, 0.1) is 35.6 Å². The lowest BCUT2D eigenvalue weighted by Gasteiger charge is -2.34. The Kier molecular flexibility index (Phi) is 3.99. The van der Waals surface area contributed by atoms with E-state index in [-0.39, 0.29) is 6.04 Å². The fourth-order valence-electron chi connectivity index (χ4n) is 3.69. The van der Waals surface area contributed by atoms with Gasteiger partial charge in [0, 0.05) is 37.6 Å². The smallest absolute Gasteiger partial charge is 0.0972 e. The van der Waals surface area contributed by atoms with Crippen LogP contribution in [0.3, 0.4) is 0 Å².